The third-order valence-electron chi connectivity index (χ3n) is 4.55. The van der Waals surface area contributed by atoms with Gasteiger partial charge in [-0.3, -0.25) is 14.6 Å². The first-order valence-corrected chi connectivity index (χ1v) is 10.3. The van der Waals surface area contributed by atoms with Crippen LogP contribution in [0.4, 0.5) is 0 Å². The number of Topliss-reactive ketones (excluding diaryl/α,β-unsaturated/α-hetero) is 1. The van der Waals surface area contributed by atoms with E-state index in [0.29, 0.717) is 12.3 Å². The Labute approximate surface area is 175 Å². The summed E-state index contributed by atoms with van der Waals surface area (Å²) in [4.78, 5) is 27.9. The molecule has 0 unspecified atom stereocenters. The van der Waals surface area contributed by atoms with Crippen LogP contribution in [0.5, 0.6) is 0 Å². The molecular weight excluding hydrogens is 360 g/mol. The Morgan fingerprint density at radius 3 is 2.24 bits per heavy atom. The SMILES string of the molecule is CC=CC=C(C(C)=CC(=NC)NC(C)=O)c1ccc(C(=O)CCCCCC)cc1. The fraction of sp³-hybridized carbons (Fsp3) is 0.400. The lowest BCUT2D eigenvalue weighted by atomic mass is 9.95. The van der Waals surface area contributed by atoms with Crippen molar-refractivity contribution >= 4 is 23.1 Å². The number of nitrogens with zero attached hydrogens (tertiary/aromatic N) is 1. The lowest BCUT2D eigenvalue weighted by Crippen LogP contribution is -2.26. The molecule has 0 aliphatic rings. The van der Waals surface area contributed by atoms with Crippen LogP contribution in [0.1, 0.15) is 75.7 Å². The van der Waals surface area contributed by atoms with Crippen LogP contribution in [0, 0.1) is 0 Å². The normalized spacial score (nSPS) is 13.1. The molecule has 0 aliphatic carbocycles. The molecule has 156 valence electrons. The lowest BCUT2D eigenvalue weighted by Gasteiger charge is -2.11. The minimum Gasteiger partial charge on any atom is -0.311 e. The number of carbonyl (C=O) groups excluding carboxylic acids is 2. The summed E-state index contributed by atoms with van der Waals surface area (Å²) in [6.45, 7) is 7.57. The first-order chi connectivity index (χ1) is 13.9. The summed E-state index contributed by atoms with van der Waals surface area (Å²) in [6.07, 6.45) is 12.8. The highest BCUT2D eigenvalue weighted by Crippen LogP contribution is 2.24. The molecule has 29 heavy (non-hydrogen) atoms. The molecular formula is C25H34N2O2. The maximum Gasteiger partial charge on any atom is 0.222 e. The van der Waals surface area contributed by atoms with E-state index in [1.807, 2.05) is 62.4 Å². The number of nitrogens with one attached hydrogen (secondary N) is 1. The Balaban J connectivity index is 3.05. The predicted molar refractivity (Wildman–Crippen MR) is 123 cm³/mol. The fourth-order valence-corrected chi connectivity index (χ4v) is 2.96. The van der Waals surface area contributed by atoms with E-state index < -0.39 is 0 Å². The second kappa shape index (κ2) is 13.4. The van der Waals surface area contributed by atoms with Crippen LogP contribution in [0.25, 0.3) is 5.57 Å². The molecule has 4 nitrogen and oxygen atoms in total. The van der Waals surface area contributed by atoms with Crippen molar-refractivity contribution in [1.82, 2.24) is 5.32 Å². The molecule has 1 N–H and O–H groups in total. The van der Waals surface area contributed by atoms with Gasteiger partial charge in [0, 0.05) is 26.0 Å². The number of benzene rings is 1. The molecule has 1 aromatic carbocycles. The molecule has 1 rings (SSSR count). The van der Waals surface area contributed by atoms with E-state index in [1.165, 1.54) is 19.8 Å². The number of allylic oxidation sites excluding steroid dienone is 5. The van der Waals surface area contributed by atoms with E-state index in [-0.39, 0.29) is 11.7 Å². The average molecular weight is 395 g/mol. The van der Waals surface area contributed by atoms with Crippen molar-refractivity contribution in [2.75, 3.05) is 7.05 Å². The zero-order valence-electron chi connectivity index (χ0n) is 18.4. The van der Waals surface area contributed by atoms with Gasteiger partial charge in [0.15, 0.2) is 5.78 Å². The number of aliphatic imine (C=N–C) groups is 1. The van der Waals surface area contributed by atoms with Crippen LogP contribution in [-0.4, -0.2) is 24.6 Å². The quantitative estimate of drug-likeness (QED) is 0.176. The summed E-state index contributed by atoms with van der Waals surface area (Å²) in [5.41, 5.74) is 3.75. The van der Waals surface area contributed by atoms with E-state index in [1.54, 1.807) is 7.05 Å². The smallest absolute Gasteiger partial charge is 0.222 e. The zero-order chi connectivity index (χ0) is 21.6. The van der Waals surface area contributed by atoms with Crippen LogP contribution >= 0.6 is 0 Å². The Hall–Kier alpha value is -2.75. The molecule has 0 saturated heterocycles. The number of amides is 1. The zero-order valence-corrected chi connectivity index (χ0v) is 18.4. The Bertz CT molecular complexity index is 797. The summed E-state index contributed by atoms with van der Waals surface area (Å²) in [5, 5.41) is 2.72. The van der Waals surface area contributed by atoms with Gasteiger partial charge in [0.25, 0.3) is 0 Å². The molecule has 0 spiro atoms. The molecule has 4 heteroatoms. The number of hydrogen-bond donors (Lipinski definition) is 1. The fourth-order valence-electron chi connectivity index (χ4n) is 2.96. The second-order valence-electron chi connectivity index (χ2n) is 7.03. The maximum atomic E-state index is 12.4. The molecule has 0 atom stereocenters. The van der Waals surface area contributed by atoms with Gasteiger partial charge in [0.05, 0.1) is 0 Å². The number of carbonyl (C=O) groups is 2. The highest BCUT2D eigenvalue weighted by atomic mass is 16.1. The van der Waals surface area contributed by atoms with Gasteiger partial charge in [0.1, 0.15) is 5.84 Å². The van der Waals surface area contributed by atoms with E-state index >= 15 is 0 Å². The van der Waals surface area contributed by atoms with Gasteiger partial charge in [-0.15, -0.1) is 0 Å². The van der Waals surface area contributed by atoms with Crippen molar-refractivity contribution in [3.63, 3.8) is 0 Å². The van der Waals surface area contributed by atoms with E-state index in [9.17, 15) is 9.59 Å². The molecule has 0 aromatic heterocycles. The second-order valence-corrected chi connectivity index (χ2v) is 7.03. The monoisotopic (exact) mass is 394 g/mol. The summed E-state index contributed by atoms with van der Waals surface area (Å²) in [6, 6.07) is 7.76. The van der Waals surface area contributed by atoms with Crippen molar-refractivity contribution in [3.8, 4) is 0 Å². The molecule has 1 amide bonds. The lowest BCUT2D eigenvalue weighted by molar-refractivity contribution is -0.117. The van der Waals surface area contributed by atoms with Crippen molar-refractivity contribution < 1.29 is 9.59 Å². The first kappa shape index (κ1) is 24.3. The standard InChI is InChI=1S/C25H34N2O2/c1-6-8-10-11-13-24(29)22-16-14-21(15-17-22)23(12-9-7-2)19(3)18-25(26-5)27-20(4)28/h7,9,12,14-18H,6,8,10-11,13H2,1-5H3,(H,26,27,28). The van der Waals surface area contributed by atoms with Crippen molar-refractivity contribution in [3.05, 3.63) is 65.3 Å². The third kappa shape index (κ3) is 8.86. The highest BCUT2D eigenvalue weighted by Gasteiger charge is 2.09. The molecule has 0 bridgehead atoms. The summed E-state index contributed by atoms with van der Waals surface area (Å²) in [7, 11) is 1.64. The first-order valence-electron chi connectivity index (χ1n) is 10.3. The highest BCUT2D eigenvalue weighted by molar-refractivity contribution is 6.05. The molecule has 0 fully saturated rings. The van der Waals surface area contributed by atoms with Gasteiger partial charge >= 0.3 is 0 Å². The molecule has 1 aromatic rings. The van der Waals surface area contributed by atoms with Crippen molar-refractivity contribution in [2.24, 2.45) is 4.99 Å². The van der Waals surface area contributed by atoms with Crippen LogP contribution in [-0.2, 0) is 4.79 Å². The molecule has 0 heterocycles. The van der Waals surface area contributed by atoms with Gasteiger partial charge in [-0.1, -0.05) is 68.7 Å². The van der Waals surface area contributed by atoms with Crippen LogP contribution in [0.3, 0.4) is 0 Å². The van der Waals surface area contributed by atoms with Gasteiger partial charge in [-0.05, 0) is 43.1 Å². The largest absolute Gasteiger partial charge is 0.311 e. The topological polar surface area (TPSA) is 58.5 Å². The minimum absolute atomic E-state index is 0.157. The molecule has 0 saturated carbocycles. The summed E-state index contributed by atoms with van der Waals surface area (Å²) in [5.74, 6) is 0.556. The predicted octanol–water partition coefficient (Wildman–Crippen LogP) is 5.91. The molecule has 0 radical (unpaired) electrons. The van der Waals surface area contributed by atoms with Crippen LogP contribution < -0.4 is 5.32 Å². The number of unbranched alkanes of at least 4 members (excludes halogenated alkanes) is 3. The van der Waals surface area contributed by atoms with E-state index in [2.05, 4.69) is 17.2 Å². The van der Waals surface area contributed by atoms with E-state index in [4.69, 9.17) is 0 Å². The van der Waals surface area contributed by atoms with Crippen molar-refractivity contribution in [2.45, 2.75) is 59.8 Å². The number of amidine groups is 1. The number of ketones is 1. The number of rotatable bonds is 10. The summed E-state index contributed by atoms with van der Waals surface area (Å²) >= 11 is 0. The number of hydrogen-bond acceptors (Lipinski definition) is 3. The Kier molecular flexibility index (Phi) is 11.2. The van der Waals surface area contributed by atoms with Gasteiger partial charge in [-0.2, -0.15) is 0 Å². The van der Waals surface area contributed by atoms with Crippen molar-refractivity contribution in [1.29, 1.82) is 0 Å². The van der Waals surface area contributed by atoms with Crippen LogP contribution in [0.2, 0.25) is 0 Å². The summed E-state index contributed by atoms with van der Waals surface area (Å²) < 4.78 is 0. The average Bonchev–Trinajstić information content (AvgIpc) is 2.71. The Morgan fingerprint density at radius 1 is 1.03 bits per heavy atom. The Morgan fingerprint density at radius 2 is 1.69 bits per heavy atom. The van der Waals surface area contributed by atoms with Gasteiger partial charge in [-0.25, -0.2) is 0 Å². The molecule has 0 aliphatic heterocycles. The van der Waals surface area contributed by atoms with Crippen LogP contribution in [0.15, 0.2) is 59.1 Å². The van der Waals surface area contributed by atoms with Gasteiger partial charge < -0.3 is 5.32 Å². The van der Waals surface area contributed by atoms with Gasteiger partial charge in [0.2, 0.25) is 5.91 Å². The third-order valence-corrected chi connectivity index (χ3v) is 4.55. The van der Waals surface area contributed by atoms with E-state index in [0.717, 1.165) is 35.1 Å². The minimum atomic E-state index is -0.157. The maximum absolute atomic E-state index is 12.4.